The van der Waals surface area contributed by atoms with E-state index in [2.05, 4.69) is 5.32 Å². The van der Waals surface area contributed by atoms with E-state index in [1.807, 2.05) is 6.92 Å². The Kier molecular flexibility index (Phi) is 2.91. The van der Waals surface area contributed by atoms with Gasteiger partial charge in [-0.3, -0.25) is 5.32 Å². The predicted octanol–water partition coefficient (Wildman–Crippen LogP) is 2.12. The highest BCUT2D eigenvalue weighted by atomic mass is 19.1. The summed E-state index contributed by atoms with van der Waals surface area (Å²) in [6, 6.07) is 6.17. The Bertz CT molecular complexity index is 449. The van der Waals surface area contributed by atoms with Gasteiger partial charge in [-0.1, -0.05) is 25.1 Å². The van der Waals surface area contributed by atoms with E-state index in [0.29, 0.717) is 5.92 Å². The topological polar surface area (TPSA) is 49.3 Å². The maximum absolute atomic E-state index is 13.7. The van der Waals surface area contributed by atoms with Crippen molar-refractivity contribution in [2.75, 3.05) is 0 Å². The van der Waals surface area contributed by atoms with Crippen molar-refractivity contribution in [3.63, 3.8) is 0 Å². The quantitative estimate of drug-likeness (QED) is 0.843. The molecule has 3 nitrogen and oxygen atoms in total. The molecule has 1 aliphatic carbocycles. The van der Waals surface area contributed by atoms with Crippen LogP contribution in [0.15, 0.2) is 24.3 Å². The van der Waals surface area contributed by atoms with Crippen molar-refractivity contribution in [3.05, 3.63) is 35.6 Å². The molecule has 0 heterocycles. The van der Waals surface area contributed by atoms with Gasteiger partial charge in [-0.05, 0) is 25.3 Å². The Balaban J connectivity index is 2.34. The number of carbonyl (C=O) groups is 1. The summed E-state index contributed by atoms with van der Waals surface area (Å²) in [4.78, 5) is 11.4. The normalized spacial score (nSPS) is 26.3. The van der Waals surface area contributed by atoms with Crippen LogP contribution in [-0.2, 0) is 10.3 Å². The van der Waals surface area contributed by atoms with Gasteiger partial charge < -0.3 is 5.11 Å². The second-order valence-electron chi connectivity index (χ2n) is 4.87. The molecule has 0 aliphatic heterocycles. The number of hydrogen-bond acceptors (Lipinski definition) is 2. The van der Waals surface area contributed by atoms with Crippen LogP contribution in [0.2, 0.25) is 0 Å². The lowest BCUT2D eigenvalue weighted by Gasteiger charge is -2.27. The third-order valence-electron chi connectivity index (χ3n) is 3.42. The van der Waals surface area contributed by atoms with Crippen LogP contribution in [0.25, 0.3) is 0 Å². The highest BCUT2D eigenvalue weighted by molar-refractivity contribution is 5.80. The SMILES string of the molecule is CC1CC1NC(C)(C(=O)O)c1ccccc1F. The lowest BCUT2D eigenvalue weighted by atomic mass is 9.91. The lowest BCUT2D eigenvalue weighted by Crippen LogP contribution is -2.48. The Labute approximate surface area is 99.7 Å². The Hall–Kier alpha value is -1.42. The first-order valence-electron chi connectivity index (χ1n) is 5.71. The van der Waals surface area contributed by atoms with Crippen molar-refractivity contribution < 1.29 is 14.3 Å². The summed E-state index contributed by atoms with van der Waals surface area (Å²) >= 11 is 0. The van der Waals surface area contributed by atoms with Gasteiger partial charge in [-0.2, -0.15) is 0 Å². The van der Waals surface area contributed by atoms with Gasteiger partial charge in [0.25, 0.3) is 0 Å². The van der Waals surface area contributed by atoms with Crippen LogP contribution < -0.4 is 5.32 Å². The molecule has 0 saturated heterocycles. The molecule has 2 N–H and O–H groups in total. The zero-order chi connectivity index (χ0) is 12.6. The Morgan fingerprint density at radius 2 is 2.12 bits per heavy atom. The largest absolute Gasteiger partial charge is 0.480 e. The number of rotatable bonds is 4. The predicted molar refractivity (Wildman–Crippen MR) is 62.1 cm³/mol. The first-order chi connectivity index (χ1) is 7.95. The average molecular weight is 237 g/mol. The fourth-order valence-corrected chi connectivity index (χ4v) is 2.02. The minimum absolute atomic E-state index is 0.163. The molecule has 3 unspecified atom stereocenters. The number of halogens is 1. The molecule has 0 bridgehead atoms. The molecule has 1 fully saturated rings. The second-order valence-corrected chi connectivity index (χ2v) is 4.87. The molecule has 1 aromatic carbocycles. The van der Waals surface area contributed by atoms with Gasteiger partial charge in [0, 0.05) is 11.6 Å². The molecule has 0 amide bonds. The number of nitrogens with one attached hydrogen (secondary N) is 1. The Morgan fingerprint density at radius 3 is 2.59 bits per heavy atom. The van der Waals surface area contributed by atoms with Gasteiger partial charge >= 0.3 is 5.97 Å². The van der Waals surface area contributed by atoms with Crippen LogP contribution in [0.5, 0.6) is 0 Å². The first kappa shape index (κ1) is 12.0. The van der Waals surface area contributed by atoms with Gasteiger partial charge in [0.05, 0.1) is 0 Å². The number of carboxylic acid groups (broad SMARTS) is 1. The van der Waals surface area contributed by atoms with Gasteiger partial charge in [-0.25, -0.2) is 9.18 Å². The molecule has 1 aromatic rings. The molecule has 0 spiro atoms. The van der Waals surface area contributed by atoms with Gasteiger partial charge in [0.2, 0.25) is 0 Å². The zero-order valence-corrected chi connectivity index (χ0v) is 9.90. The zero-order valence-electron chi connectivity index (χ0n) is 9.90. The number of aliphatic carboxylic acids is 1. The minimum Gasteiger partial charge on any atom is -0.480 e. The number of benzene rings is 1. The highest BCUT2D eigenvalue weighted by Crippen LogP contribution is 2.34. The molecule has 4 heteroatoms. The molecule has 2 rings (SSSR count). The van der Waals surface area contributed by atoms with Gasteiger partial charge in [-0.15, -0.1) is 0 Å². The molecule has 0 aromatic heterocycles. The average Bonchev–Trinajstić information content (AvgIpc) is 2.94. The van der Waals surface area contributed by atoms with Crippen molar-refractivity contribution in [1.29, 1.82) is 0 Å². The monoisotopic (exact) mass is 237 g/mol. The van der Waals surface area contributed by atoms with Crippen LogP contribution in [0.3, 0.4) is 0 Å². The molecular formula is C13H16FNO2. The molecule has 1 aliphatic rings. The van der Waals surface area contributed by atoms with Gasteiger partial charge in [0.1, 0.15) is 11.4 Å². The molecule has 17 heavy (non-hydrogen) atoms. The lowest BCUT2D eigenvalue weighted by molar-refractivity contribution is -0.144. The van der Waals surface area contributed by atoms with E-state index in [9.17, 15) is 14.3 Å². The van der Waals surface area contributed by atoms with E-state index in [0.717, 1.165) is 6.42 Å². The number of carboxylic acids is 1. The highest BCUT2D eigenvalue weighted by Gasteiger charge is 2.44. The van der Waals surface area contributed by atoms with E-state index >= 15 is 0 Å². The van der Waals surface area contributed by atoms with Crippen molar-refractivity contribution in [1.82, 2.24) is 5.32 Å². The standard InChI is InChI=1S/C13H16FNO2/c1-8-7-11(8)15-13(2,12(16)17)9-5-3-4-6-10(9)14/h3-6,8,11,15H,7H2,1-2H3,(H,16,17). The van der Waals surface area contributed by atoms with Crippen LogP contribution in [0.1, 0.15) is 25.8 Å². The third kappa shape index (κ3) is 2.17. The fraction of sp³-hybridized carbons (Fsp3) is 0.462. The molecular weight excluding hydrogens is 221 g/mol. The maximum atomic E-state index is 13.7. The molecule has 0 radical (unpaired) electrons. The van der Waals surface area contributed by atoms with Crippen LogP contribution in [-0.4, -0.2) is 17.1 Å². The van der Waals surface area contributed by atoms with E-state index in [-0.39, 0.29) is 11.6 Å². The minimum atomic E-state index is -1.36. The van der Waals surface area contributed by atoms with Crippen molar-refractivity contribution in [2.24, 2.45) is 5.92 Å². The van der Waals surface area contributed by atoms with E-state index in [1.165, 1.54) is 19.1 Å². The van der Waals surface area contributed by atoms with Crippen molar-refractivity contribution >= 4 is 5.97 Å². The summed E-state index contributed by atoms with van der Waals surface area (Å²) in [6.07, 6.45) is 0.942. The smallest absolute Gasteiger partial charge is 0.328 e. The number of hydrogen-bond donors (Lipinski definition) is 2. The summed E-state index contributed by atoms with van der Waals surface area (Å²) in [5.41, 5.74) is -1.17. The van der Waals surface area contributed by atoms with Gasteiger partial charge in [0.15, 0.2) is 0 Å². The fourth-order valence-electron chi connectivity index (χ4n) is 2.02. The van der Waals surface area contributed by atoms with Crippen molar-refractivity contribution in [2.45, 2.75) is 31.8 Å². The summed E-state index contributed by atoms with van der Waals surface area (Å²) in [5.74, 6) is -1.08. The summed E-state index contributed by atoms with van der Waals surface area (Å²) in [5, 5.41) is 12.4. The summed E-state index contributed by atoms with van der Waals surface area (Å²) < 4.78 is 13.7. The van der Waals surface area contributed by atoms with Crippen molar-refractivity contribution in [3.8, 4) is 0 Å². The van der Waals surface area contributed by atoms with Crippen LogP contribution in [0.4, 0.5) is 4.39 Å². The summed E-state index contributed by atoms with van der Waals surface area (Å²) in [6.45, 7) is 3.56. The third-order valence-corrected chi connectivity index (χ3v) is 3.42. The molecule has 92 valence electrons. The van der Waals surface area contributed by atoms with E-state index in [1.54, 1.807) is 12.1 Å². The second kappa shape index (κ2) is 4.11. The molecule has 3 atom stereocenters. The Morgan fingerprint density at radius 1 is 1.53 bits per heavy atom. The molecule has 1 saturated carbocycles. The van der Waals surface area contributed by atoms with E-state index in [4.69, 9.17) is 0 Å². The van der Waals surface area contributed by atoms with Crippen LogP contribution >= 0.6 is 0 Å². The summed E-state index contributed by atoms with van der Waals surface area (Å²) in [7, 11) is 0. The first-order valence-corrected chi connectivity index (χ1v) is 5.71. The van der Waals surface area contributed by atoms with Crippen LogP contribution in [0, 0.1) is 11.7 Å². The maximum Gasteiger partial charge on any atom is 0.328 e. The van der Waals surface area contributed by atoms with E-state index < -0.39 is 17.3 Å².